The van der Waals surface area contributed by atoms with Crippen LogP contribution in [0.3, 0.4) is 0 Å². The summed E-state index contributed by atoms with van der Waals surface area (Å²) in [4.78, 5) is 11.6. The molecule has 0 heterocycles. The molecule has 150 valence electrons. The van der Waals surface area contributed by atoms with Crippen molar-refractivity contribution in [3.8, 4) is 0 Å². The average molecular weight is 378 g/mol. The quantitative estimate of drug-likeness (QED) is 0.255. The van der Waals surface area contributed by atoms with Crippen LogP contribution in [0.5, 0.6) is 0 Å². The van der Waals surface area contributed by atoms with E-state index in [0.29, 0.717) is 6.42 Å². The van der Waals surface area contributed by atoms with Crippen LogP contribution in [0, 0.1) is 0 Å². The number of hydrogen-bond donors (Lipinski definition) is 2. The lowest BCUT2D eigenvalue weighted by Gasteiger charge is -2.04. The van der Waals surface area contributed by atoms with Crippen molar-refractivity contribution < 1.29 is 17.8 Å². The summed E-state index contributed by atoms with van der Waals surface area (Å²) in [5, 5.41) is 2.75. The molecule has 2 N–H and O–H groups in total. The second kappa shape index (κ2) is 17.0. The van der Waals surface area contributed by atoms with Crippen LogP contribution in [0.25, 0.3) is 0 Å². The lowest BCUT2D eigenvalue weighted by atomic mass is 10.0. The maximum atomic E-state index is 11.6. The fraction of sp³-hybridized carbons (Fsp3) is 0.947. The van der Waals surface area contributed by atoms with Crippen molar-refractivity contribution in [2.24, 2.45) is 0 Å². The first kappa shape index (κ1) is 24.5. The van der Waals surface area contributed by atoms with Gasteiger partial charge in [-0.2, -0.15) is 8.42 Å². The Hall–Kier alpha value is -0.460. The molecule has 0 aromatic heterocycles. The highest BCUT2D eigenvalue weighted by Gasteiger charge is 2.05. The van der Waals surface area contributed by atoms with Gasteiger partial charge in [-0.15, -0.1) is 0 Å². The molecular weight excluding hydrogens is 338 g/mol. The van der Waals surface area contributed by atoms with E-state index in [1.165, 1.54) is 70.6 Å². The second-order valence-electron chi connectivity index (χ2n) is 6.99. The predicted octanol–water partition coefficient (Wildman–Crippen LogP) is 4.51. The lowest BCUT2D eigenvalue weighted by Crippen LogP contribution is -2.28. The van der Waals surface area contributed by atoms with Crippen molar-refractivity contribution >= 4 is 15.9 Å². The van der Waals surface area contributed by atoms with E-state index >= 15 is 0 Å². The van der Waals surface area contributed by atoms with Crippen LogP contribution >= 0.6 is 0 Å². The van der Waals surface area contributed by atoms with Crippen LogP contribution in [-0.2, 0) is 14.9 Å². The first-order valence-corrected chi connectivity index (χ1v) is 11.7. The molecule has 0 saturated heterocycles. The Bertz CT molecular complexity index is 410. The molecule has 0 aromatic carbocycles. The van der Waals surface area contributed by atoms with Crippen molar-refractivity contribution in [3.05, 3.63) is 0 Å². The van der Waals surface area contributed by atoms with Gasteiger partial charge >= 0.3 is 0 Å². The molecule has 0 radical (unpaired) electrons. The van der Waals surface area contributed by atoms with Crippen molar-refractivity contribution in [1.29, 1.82) is 0 Å². The van der Waals surface area contributed by atoms with Crippen LogP contribution in [-0.4, -0.2) is 37.6 Å². The smallest absolute Gasteiger partial charge is 0.266 e. The molecule has 0 aromatic rings. The Balaban J connectivity index is 3.21. The summed E-state index contributed by atoms with van der Waals surface area (Å²) >= 11 is 0. The zero-order valence-corrected chi connectivity index (χ0v) is 16.9. The Morgan fingerprint density at radius 1 is 0.800 bits per heavy atom. The van der Waals surface area contributed by atoms with Gasteiger partial charge in [-0.1, -0.05) is 84.0 Å². The van der Waals surface area contributed by atoms with Crippen LogP contribution in [0.1, 0.15) is 96.8 Å². The van der Waals surface area contributed by atoms with Gasteiger partial charge in [0.25, 0.3) is 10.1 Å². The molecule has 0 unspecified atom stereocenters. The number of unbranched alkanes of at least 4 members (excludes halogenated alkanes) is 12. The average Bonchev–Trinajstić information content (AvgIpc) is 2.55. The molecule has 6 heteroatoms. The summed E-state index contributed by atoms with van der Waals surface area (Å²) in [5.74, 6) is -0.239. The minimum Gasteiger partial charge on any atom is -0.309 e. The van der Waals surface area contributed by atoms with Gasteiger partial charge in [-0.05, 0) is 6.42 Å². The monoisotopic (exact) mass is 377 g/mol. The number of ketones is 1. The standard InChI is InChI=1S/C19H39NO4S/c1-2-3-4-5-6-7-8-9-10-11-12-13-14-15-19(21)18-20-16-17-25(22,23)24/h20H,2-18H2,1H3,(H,22,23,24). The molecule has 0 bridgehead atoms. The van der Waals surface area contributed by atoms with E-state index in [9.17, 15) is 13.2 Å². The minimum atomic E-state index is -3.94. The lowest BCUT2D eigenvalue weighted by molar-refractivity contribution is -0.118. The normalized spacial score (nSPS) is 11.8. The first-order valence-electron chi connectivity index (χ1n) is 10.1. The SMILES string of the molecule is CCCCCCCCCCCCCCCC(=O)CNCCS(=O)(=O)O. The molecule has 5 nitrogen and oxygen atoms in total. The number of rotatable bonds is 19. The summed E-state index contributed by atoms with van der Waals surface area (Å²) in [6.07, 6.45) is 17.3. The van der Waals surface area contributed by atoms with E-state index in [0.717, 1.165) is 12.8 Å². The molecule has 0 rings (SSSR count). The fourth-order valence-electron chi connectivity index (χ4n) is 2.86. The molecule has 0 atom stereocenters. The van der Waals surface area contributed by atoms with Crippen LogP contribution < -0.4 is 5.32 Å². The zero-order valence-electron chi connectivity index (χ0n) is 16.1. The van der Waals surface area contributed by atoms with Crippen molar-refractivity contribution in [2.45, 2.75) is 96.8 Å². The minimum absolute atomic E-state index is 0.110. The predicted molar refractivity (Wildman–Crippen MR) is 105 cm³/mol. The summed E-state index contributed by atoms with van der Waals surface area (Å²) < 4.78 is 29.6. The summed E-state index contributed by atoms with van der Waals surface area (Å²) in [6.45, 7) is 2.55. The van der Waals surface area contributed by atoms with Crippen molar-refractivity contribution in [3.63, 3.8) is 0 Å². The molecule has 0 aliphatic rings. The number of carbonyl (C=O) groups excluding carboxylic acids is 1. The fourth-order valence-corrected chi connectivity index (χ4v) is 3.26. The molecule has 25 heavy (non-hydrogen) atoms. The zero-order chi connectivity index (χ0) is 18.8. The van der Waals surface area contributed by atoms with Gasteiger partial charge in [0.2, 0.25) is 0 Å². The summed E-state index contributed by atoms with van der Waals surface area (Å²) in [5.41, 5.74) is 0. The molecule has 0 aliphatic carbocycles. The third-order valence-corrected chi connectivity index (χ3v) is 5.14. The van der Waals surface area contributed by atoms with Gasteiger partial charge in [-0.3, -0.25) is 9.35 Å². The van der Waals surface area contributed by atoms with Gasteiger partial charge in [-0.25, -0.2) is 0 Å². The topological polar surface area (TPSA) is 83.5 Å². The van der Waals surface area contributed by atoms with Gasteiger partial charge in [0.15, 0.2) is 0 Å². The maximum absolute atomic E-state index is 11.6. The second-order valence-corrected chi connectivity index (χ2v) is 8.57. The van der Waals surface area contributed by atoms with E-state index < -0.39 is 10.1 Å². The summed E-state index contributed by atoms with van der Waals surface area (Å²) in [7, 11) is -3.94. The van der Waals surface area contributed by atoms with Crippen LogP contribution in [0.4, 0.5) is 0 Å². The van der Waals surface area contributed by atoms with Crippen molar-refractivity contribution in [1.82, 2.24) is 5.32 Å². The van der Waals surface area contributed by atoms with E-state index in [1.54, 1.807) is 0 Å². The Labute approximate surface area is 155 Å². The highest BCUT2D eigenvalue weighted by Crippen LogP contribution is 2.12. The number of hydrogen-bond acceptors (Lipinski definition) is 4. The maximum Gasteiger partial charge on any atom is 0.266 e. The van der Waals surface area contributed by atoms with Crippen LogP contribution in [0.2, 0.25) is 0 Å². The highest BCUT2D eigenvalue weighted by molar-refractivity contribution is 7.85. The number of carbonyl (C=O) groups is 1. The number of nitrogens with one attached hydrogen (secondary N) is 1. The molecule has 0 saturated carbocycles. The van der Waals surface area contributed by atoms with E-state index in [1.807, 2.05) is 0 Å². The molecule has 0 aliphatic heterocycles. The molecule has 0 spiro atoms. The molecule has 0 amide bonds. The van der Waals surface area contributed by atoms with Crippen molar-refractivity contribution in [2.75, 3.05) is 18.8 Å². The molecule has 0 fully saturated rings. The number of Topliss-reactive ketones (excluding diaryl/α,β-unsaturated/α-hetero) is 1. The van der Waals surface area contributed by atoms with E-state index in [2.05, 4.69) is 12.2 Å². The largest absolute Gasteiger partial charge is 0.309 e. The van der Waals surface area contributed by atoms with Gasteiger partial charge in [0.05, 0.1) is 12.3 Å². The highest BCUT2D eigenvalue weighted by atomic mass is 32.2. The Morgan fingerprint density at radius 3 is 1.68 bits per heavy atom. The van der Waals surface area contributed by atoms with E-state index in [4.69, 9.17) is 4.55 Å². The van der Waals surface area contributed by atoms with Crippen LogP contribution in [0.15, 0.2) is 0 Å². The van der Waals surface area contributed by atoms with Gasteiger partial charge < -0.3 is 5.32 Å². The third kappa shape index (κ3) is 21.5. The third-order valence-electron chi connectivity index (χ3n) is 4.42. The van der Waals surface area contributed by atoms with Gasteiger partial charge in [0.1, 0.15) is 5.78 Å². The van der Waals surface area contributed by atoms with E-state index in [-0.39, 0.29) is 24.6 Å². The van der Waals surface area contributed by atoms with Gasteiger partial charge in [0, 0.05) is 13.0 Å². The Morgan fingerprint density at radius 2 is 1.24 bits per heavy atom. The Kier molecular flexibility index (Phi) is 16.7. The first-order chi connectivity index (χ1) is 12.0. The molecular formula is C19H39NO4S. The summed E-state index contributed by atoms with van der Waals surface area (Å²) in [6, 6.07) is 0.